The highest BCUT2D eigenvalue weighted by molar-refractivity contribution is 6.22. The van der Waals surface area contributed by atoms with Crippen LogP contribution in [0.25, 0.3) is 0 Å². The Balaban J connectivity index is 1.45. The van der Waals surface area contributed by atoms with Gasteiger partial charge in [-0.1, -0.05) is 42.5 Å². The molecule has 30 heavy (non-hydrogen) atoms. The maximum atomic E-state index is 12.7. The summed E-state index contributed by atoms with van der Waals surface area (Å²) in [6.07, 6.45) is 4.09. The first-order valence-corrected chi connectivity index (χ1v) is 9.90. The number of ketones is 1. The van der Waals surface area contributed by atoms with Crippen LogP contribution in [-0.2, 0) is 14.3 Å². The highest BCUT2D eigenvalue weighted by Gasteiger charge is 2.47. The molecular weight excluding hydrogens is 382 g/mol. The van der Waals surface area contributed by atoms with Crippen molar-refractivity contribution in [3.05, 3.63) is 77.9 Å². The van der Waals surface area contributed by atoms with Crippen molar-refractivity contribution in [1.82, 2.24) is 0 Å². The molecule has 1 fully saturated rings. The minimum atomic E-state index is -0.933. The lowest BCUT2D eigenvalue weighted by molar-refractivity contribution is -0.122. The molecule has 6 heteroatoms. The summed E-state index contributed by atoms with van der Waals surface area (Å²) >= 11 is 0. The number of fused-ring (bicyclic) bond motifs is 1. The minimum Gasteiger partial charge on any atom is -0.451 e. The summed E-state index contributed by atoms with van der Waals surface area (Å²) < 4.78 is 5.29. The molecule has 2 amide bonds. The topological polar surface area (TPSA) is 80.8 Å². The Kier molecular flexibility index (Phi) is 5.31. The van der Waals surface area contributed by atoms with E-state index in [1.165, 1.54) is 24.0 Å². The van der Waals surface area contributed by atoms with Crippen molar-refractivity contribution in [2.45, 2.75) is 25.9 Å². The van der Waals surface area contributed by atoms with E-state index in [2.05, 4.69) is 0 Å². The van der Waals surface area contributed by atoms with Crippen molar-refractivity contribution in [3.8, 4) is 0 Å². The van der Waals surface area contributed by atoms with Gasteiger partial charge in [0.05, 0.1) is 23.1 Å². The molecule has 3 atom stereocenters. The number of hydrogen-bond donors (Lipinski definition) is 0. The number of Topliss-reactive ketones (excluding diaryl/α,β-unsaturated/α-hetero) is 1. The lowest BCUT2D eigenvalue weighted by Gasteiger charge is -2.16. The van der Waals surface area contributed by atoms with E-state index in [-0.39, 0.29) is 35.0 Å². The molecule has 1 saturated heterocycles. The Labute approximate surface area is 174 Å². The fourth-order valence-electron chi connectivity index (χ4n) is 3.92. The Bertz CT molecular complexity index is 999. The summed E-state index contributed by atoms with van der Waals surface area (Å²) in [6.45, 7) is 1.53. The average Bonchev–Trinajstić information content (AvgIpc) is 3.04. The SMILES string of the molecule is C[C@@H](OC(=O)c1ccc(N2C(=O)[C@H]3CC=CC[C@H]3C2=O)cc1)C(=O)c1ccccc1. The molecule has 0 radical (unpaired) electrons. The molecule has 2 aromatic rings. The standard InChI is InChI=1S/C24H21NO5/c1-15(21(26)16-7-3-2-4-8-16)30-24(29)17-11-13-18(14-12-17)25-22(27)19-9-5-6-10-20(19)23(25)28/h2-8,11-15,19-20H,9-10H2,1H3/t15-,19-,20+/m1/s1. The summed E-state index contributed by atoms with van der Waals surface area (Å²) in [5.74, 6) is -1.95. The van der Waals surface area contributed by atoms with E-state index in [0.717, 1.165) is 0 Å². The smallest absolute Gasteiger partial charge is 0.338 e. The van der Waals surface area contributed by atoms with Gasteiger partial charge in [-0.3, -0.25) is 19.3 Å². The van der Waals surface area contributed by atoms with Crippen molar-refractivity contribution in [1.29, 1.82) is 0 Å². The number of hydrogen-bond acceptors (Lipinski definition) is 5. The van der Waals surface area contributed by atoms with E-state index in [1.54, 1.807) is 42.5 Å². The van der Waals surface area contributed by atoms with Gasteiger partial charge in [-0.2, -0.15) is 0 Å². The highest BCUT2D eigenvalue weighted by Crippen LogP contribution is 2.37. The van der Waals surface area contributed by atoms with E-state index in [4.69, 9.17) is 4.74 Å². The molecule has 1 aliphatic carbocycles. The maximum absolute atomic E-state index is 12.7. The molecule has 4 rings (SSSR count). The van der Waals surface area contributed by atoms with Gasteiger partial charge in [0.15, 0.2) is 6.10 Å². The Morgan fingerprint density at radius 3 is 2.00 bits per heavy atom. The average molecular weight is 403 g/mol. The van der Waals surface area contributed by atoms with E-state index in [9.17, 15) is 19.2 Å². The Hall–Kier alpha value is -3.54. The molecule has 0 bridgehead atoms. The van der Waals surface area contributed by atoms with Crippen molar-refractivity contribution in [2.75, 3.05) is 4.90 Å². The van der Waals surface area contributed by atoms with Crippen LogP contribution in [0.15, 0.2) is 66.7 Å². The molecule has 0 unspecified atom stereocenters. The van der Waals surface area contributed by atoms with Crippen LogP contribution in [0.5, 0.6) is 0 Å². The molecular formula is C24H21NO5. The number of anilines is 1. The highest BCUT2D eigenvalue weighted by atomic mass is 16.5. The number of imide groups is 1. The predicted molar refractivity (Wildman–Crippen MR) is 110 cm³/mol. The second-order valence-corrected chi connectivity index (χ2v) is 7.49. The Morgan fingerprint density at radius 2 is 1.43 bits per heavy atom. The molecule has 6 nitrogen and oxygen atoms in total. The number of carbonyl (C=O) groups excluding carboxylic acids is 4. The van der Waals surface area contributed by atoms with Gasteiger partial charge in [-0.05, 0) is 44.0 Å². The lowest BCUT2D eigenvalue weighted by atomic mass is 9.85. The number of nitrogens with zero attached hydrogens (tertiary/aromatic N) is 1. The Morgan fingerprint density at radius 1 is 0.867 bits per heavy atom. The number of amides is 2. The second-order valence-electron chi connectivity index (χ2n) is 7.49. The molecule has 1 heterocycles. The predicted octanol–water partition coefficient (Wildman–Crippen LogP) is 3.57. The van der Waals surface area contributed by atoms with E-state index >= 15 is 0 Å². The van der Waals surface area contributed by atoms with Gasteiger partial charge < -0.3 is 4.74 Å². The quantitative estimate of drug-likeness (QED) is 0.330. The van der Waals surface area contributed by atoms with Crippen molar-refractivity contribution >= 4 is 29.3 Å². The zero-order valence-corrected chi connectivity index (χ0v) is 16.5. The first-order valence-electron chi connectivity index (χ1n) is 9.90. The largest absolute Gasteiger partial charge is 0.451 e. The van der Waals surface area contributed by atoms with Crippen LogP contribution in [0.2, 0.25) is 0 Å². The molecule has 152 valence electrons. The van der Waals surface area contributed by atoms with Crippen LogP contribution >= 0.6 is 0 Å². The molecule has 2 aromatic carbocycles. The number of ether oxygens (including phenoxy) is 1. The summed E-state index contributed by atoms with van der Waals surface area (Å²) in [5, 5.41) is 0. The molecule has 0 spiro atoms. The fourth-order valence-corrected chi connectivity index (χ4v) is 3.92. The van der Waals surface area contributed by atoms with Gasteiger partial charge in [0.25, 0.3) is 0 Å². The molecule has 0 N–H and O–H groups in total. The summed E-state index contributed by atoms with van der Waals surface area (Å²) in [4.78, 5) is 51.3. The second kappa shape index (κ2) is 8.06. The van der Waals surface area contributed by atoms with E-state index < -0.39 is 12.1 Å². The zero-order valence-electron chi connectivity index (χ0n) is 16.5. The number of esters is 1. The number of carbonyl (C=O) groups is 4. The first kappa shape index (κ1) is 19.8. The van der Waals surface area contributed by atoms with Crippen LogP contribution in [0.1, 0.15) is 40.5 Å². The fraction of sp³-hybridized carbons (Fsp3) is 0.250. The lowest BCUT2D eigenvalue weighted by Crippen LogP contribution is -2.30. The van der Waals surface area contributed by atoms with E-state index in [0.29, 0.717) is 24.1 Å². The van der Waals surface area contributed by atoms with Gasteiger partial charge in [0.2, 0.25) is 17.6 Å². The number of rotatable bonds is 5. The summed E-state index contributed by atoms with van der Waals surface area (Å²) in [7, 11) is 0. The summed E-state index contributed by atoms with van der Waals surface area (Å²) in [6, 6.07) is 14.7. The molecule has 0 aromatic heterocycles. The van der Waals surface area contributed by atoms with Gasteiger partial charge in [0.1, 0.15) is 0 Å². The van der Waals surface area contributed by atoms with Gasteiger partial charge in [0, 0.05) is 5.56 Å². The van der Waals surface area contributed by atoms with Gasteiger partial charge in [-0.25, -0.2) is 4.79 Å². The number of allylic oxidation sites excluding steroid dienone is 2. The molecule has 0 saturated carbocycles. The van der Waals surface area contributed by atoms with Crippen LogP contribution in [0, 0.1) is 11.8 Å². The van der Waals surface area contributed by atoms with Crippen LogP contribution < -0.4 is 4.90 Å². The third-order valence-corrected chi connectivity index (χ3v) is 5.58. The third kappa shape index (κ3) is 3.56. The van der Waals surface area contributed by atoms with Crippen molar-refractivity contribution < 1.29 is 23.9 Å². The van der Waals surface area contributed by atoms with E-state index in [1.807, 2.05) is 12.2 Å². The number of benzene rings is 2. The minimum absolute atomic E-state index is 0.202. The van der Waals surface area contributed by atoms with Crippen molar-refractivity contribution in [2.24, 2.45) is 11.8 Å². The normalized spacial score (nSPS) is 21.3. The van der Waals surface area contributed by atoms with Gasteiger partial charge >= 0.3 is 5.97 Å². The van der Waals surface area contributed by atoms with Crippen LogP contribution in [0.3, 0.4) is 0 Å². The third-order valence-electron chi connectivity index (χ3n) is 5.58. The maximum Gasteiger partial charge on any atom is 0.338 e. The molecule has 2 aliphatic rings. The first-order chi connectivity index (χ1) is 14.5. The molecule has 1 aliphatic heterocycles. The van der Waals surface area contributed by atoms with Crippen LogP contribution in [0.4, 0.5) is 5.69 Å². The van der Waals surface area contributed by atoms with Gasteiger partial charge in [-0.15, -0.1) is 0 Å². The summed E-state index contributed by atoms with van der Waals surface area (Å²) in [5.41, 5.74) is 1.14. The van der Waals surface area contributed by atoms with Crippen molar-refractivity contribution in [3.63, 3.8) is 0 Å². The zero-order chi connectivity index (χ0) is 21.3. The van der Waals surface area contributed by atoms with Crippen LogP contribution in [-0.4, -0.2) is 29.7 Å². The monoisotopic (exact) mass is 403 g/mol.